The smallest absolute Gasteiger partial charge is 0.314 e. The van der Waals surface area contributed by atoms with Gasteiger partial charge < -0.3 is 10.8 Å². The first-order chi connectivity index (χ1) is 3.79. The van der Waals surface area contributed by atoms with Gasteiger partial charge in [-0.2, -0.15) is 4.98 Å². The fourth-order valence-corrected chi connectivity index (χ4v) is 0.300. The Morgan fingerprint density at radius 1 is 1.75 bits per heavy atom. The average molecular weight is 110 g/mol. The van der Waals surface area contributed by atoms with Crippen LogP contribution in [0.4, 0.5) is 5.69 Å². The van der Waals surface area contributed by atoms with Gasteiger partial charge in [-0.1, -0.05) is 0 Å². The number of nitrogens with zero attached hydrogens (tertiary/aromatic N) is 2. The molecule has 0 unspecified atom stereocenters. The monoisotopic (exact) mass is 110 g/mol. The molecule has 4 heteroatoms. The molecular weight excluding hydrogens is 106 g/mol. The van der Waals surface area contributed by atoms with E-state index in [4.69, 9.17) is 10.8 Å². The lowest BCUT2D eigenvalue weighted by Gasteiger charge is -1.86. The quantitative estimate of drug-likeness (QED) is 0.475. The molecule has 0 fully saturated rings. The normalized spacial score (nSPS) is 9.00. The van der Waals surface area contributed by atoms with E-state index in [0.717, 1.165) is 0 Å². The highest BCUT2D eigenvalue weighted by molar-refractivity contribution is 5.29. The first-order valence-electron chi connectivity index (χ1n) is 1.98. The molecule has 0 amide bonds. The summed E-state index contributed by atoms with van der Waals surface area (Å²) in [5.74, 6) is 0. The minimum Gasteiger partial charge on any atom is -0.479 e. The zero-order chi connectivity index (χ0) is 5.98. The van der Waals surface area contributed by atoms with Gasteiger partial charge in [0.15, 0.2) is 0 Å². The Labute approximate surface area is 46.0 Å². The molecule has 1 aromatic rings. The summed E-state index contributed by atoms with van der Waals surface area (Å²) in [4.78, 5) is 6.64. The standard InChI is InChI=1S/C4H4N3O/c5-3-1-6-4(8)7-2-3/h1H,5H2,(H,6,7,8). The summed E-state index contributed by atoms with van der Waals surface area (Å²) in [7, 11) is 0. The summed E-state index contributed by atoms with van der Waals surface area (Å²) in [6, 6.07) is -0.306. The van der Waals surface area contributed by atoms with E-state index in [9.17, 15) is 0 Å². The predicted octanol–water partition coefficient (Wildman–Crippen LogP) is -0.435. The molecule has 0 aliphatic heterocycles. The molecule has 3 N–H and O–H groups in total. The maximum absolute atomic E-state index is 8.45. The number of rotatable bonds is 0. The summed E-state index contributed by atoms with van der Waals surface area (Å²) in [5, 5.41) is 8.45. The van der Waals surface area contributed by atoms with Crippen molar-refractivity contribution in [2.75, 3.05) is 5.73 Å². The molecule has 0 saturated carbocycles. The largest absolute Gasteiger partial charge is 0.479 e. The van der Waals surface area contributed by atoms with E-state index in [2.05, 4.69) is 16.2 Å². The van der Waals surface area contributed by atoms with Crippen molar-refractivity contribution >= 4 is 5.69 Å². The molecule has 1 heterocycles. The molecule has 41 valence electrons. The van der Waals surface area contributed by atoms with Gasteiger partial charge in [0.2, 0.25) is 0 Å². The van der Waals surface area contributed by atoms with Gasteiger partial charge in [0.1, 0.15) is 6.20 Å². The number of nitrogen functional groups attached to an aromatic ring is 1. The zero-order valence-electron chi connectivity index (χ0n) is 4.00. The van der Waals surface area contributed by atoms with Crippen LogP contribution in [0.2, 0.25) is 0 Å². The van der Waals surface area contributed by atoms with Gasteiger partial charge in [-0.3, -0.25) is 0 Å². The minimum atomic E-state index is -0.306. The molecule has 0 aliphatic rings. The first-order valence-corrected chi connectivity index (χ1v) is 1.98. The second kappa shape index (κ2) is 1.65. The summed E-state index contributed by atoms with van der Waals surface area (Å²) < 4.78 is 0. The highest BCUT2D eigenvalue weighted by Gasteiger charge is 1.86. The third kappa shape index (κ3) is 0.841. The number of hydrogen-bond donors (Lipinski definition) is 2. The van der Waals surface area contributed by atoms with Crippen LogP contribution < -0.4 is 5.73 Å². The third-order valence-corrected chi connectivity index (χ3v) is 0.604. The van der Waals surface area contributed by atoms with Crippen LogP contribution in [0.15, 0.2) is 6.20 Å². The Bertz CT molecular complexity index is 150. The van der Waals surface area contributed by atoms with Gasteiger partial charge >= 0.3 is 6.01 Å². The maximum atomic E-state index is 8.45. The van der Waals surface area contributed by atoms with Crippen LogP contribution in [0.25, 0.3) is 0 Å². The number of aromatic nitrogens is 2. The van der Waals surface area contributed by atoms with Crippen molar-refractivity contribution in [2.24, 2.45) is 0 Å². The van der Waals surface area contributed by atoms with Gasteiger partial charge in [0, 0.05) is 0 Å². The second-order valence-corrected chi connectivity index (χ2v) is 1.24. The van der Waals surface area contributed by atoms with E-state index in [1.165, 1.54) is 6.20 Å². The SMILES string of the molecule is Nc1[c]nc(O)nc1. The van der Waals surface area contributed by atoms with Gasteiger partial charge in [0.05, 0.1) is 11.9 Å². The highest BCUT2D eigenvalue weighted by atomic mass is 16.3. The number of nitrogens with two attached hydrogens (primary N) is 1. The van der Waals surface area contributed by atoms with Crippen LogP contribution in [0, 0.1) is 6.20 Å². The topological polar surface area (TPSA) is 72.0 Å². The van der Waals surface area contributed by atoms with Crippen molar-refractivity contribution in [3.8, 4) is 6.01 Å². The van der Waals surface area contributed by atoms with Gasteiger partial charge in [0.25, 0.3) is 0 Å². The fourth-order valence-electron chi connectivity index (χ4n) is 0.300. The molecule has 8 heavy (non-hydrogen) atoms. The molecule has 0 spiro atoms. The molecular formula is C4H4N3O. The van der Waals surface area contributed by atoms with E-state index in [-0.39, 0.29) is 6.01 Å². The fraction of sp³-hybridized carbons (Fsp3) is 0. The number of anilines is 1. The van der Waals surface area contributed by atoms with Crippen LogP contribution in [0.3, 0.4) is 0 Å². The van der Waals surface area contributed by atoms with E-state index in [1.54, 1.807) is 0 Å². The molecule has 1 aromatic heterocycles. The van der Waals surface area contributed by atoms with E-state index < -0.39 is 0 Å². The molecule has 0 bridgehead atoms. The average Bonchev–Trinajstić information content (AvgIpc) is 1.77. The number of hydrogen-bond acceptors (Lipinski definition) is 4. The summed E-state index contributed by atoms with van der Waals surface area (Å²) in [5.41, 5.74) is 5.46. The Hall–Kier alpha value is -1.32. The maximum Gasteiger partial charge on any atom is 0.314 e. The lowest BCUT2D eigenvalue weighted by Crippen LogP contribution is -1.87. The van der Waals surface area contributed by atoms with Crippen LogP contribution in [0.5, 0.6) is 6.01 Å². The molecule has 0 aliphatic carbocycles. The lowest BCUT2D eigenvalue weighted by molar-refractivity contribution is 0.430. The zero-order valence-corrected chi connectivity index (χ0v) is 4.00. The van der Waals surface area contributed by atoms with Crippen molar-refractivity contribution in [1.82, 2.24) is 9.97 Å². The molecule has 4 nitrogen and oxygen atoms in total. The van der Waals surface area contributed by atoms with Crippen LogP contribution in [-0.2, 0) is 0 Å². The molecule has 1 rings (SSSR count). The third-order valence-electron chi connectivity index (χ3n) is 0.604. The van der Waals surface area contributed by atoms with Gasteiger partial charge in [-0.25, -0.2) is 4.98 Å². The van der Waals surface area contributed by atoms with Crippen molar-refractivity contribution in [3.05, 3.63) is 12.4 Å². The van der Waals surface area contributed by atoms with Crippen LogP contribution >= 0.6 is 0 Å². The minimum absolute atomic E-state index is 0.306. The van der Waals surface area contributed by atoms with Crippen molar-refractivity contribution in [2.45, 2.75) is 0 Å². The first kappa shape index (κ1) is 4.83. The molecule has 1 radical (unpaired) electrons. The van der Waals surface area contributed by atoms with Gasteiger partial charge in [-0.05, 0) is 0 Å². The summed E-state index contributed by atoms with van der Waals surface area (Å²) in [6.45, 7) is 0. The lowest BCUT2D eigenvalue weighted by atomic mass is 10.6. The summed E-state index contributed by atoms with van der Waals surface area (Å²) in [6.07, 6.45) is 3.59. The predicted molar refractivity (Wildman–Crippen MR) is 26.9 cm³/mol. The second-order valence-electron chi connectivity index (χ2n) is 1.24. The highest BCUT2D eigenvalue weighted by Crippen LogP contribution is 1.97. The Morgan fingerprint density at radius 2 is 2.50 bits per heavy atom. The van der Waals surface area contributed by atoms with E-state index in [0.29, 0.717) is 5.69 Å². The van der Waals surface area contributed by atoms with Crippen molar-refractivity contribution in [1.29, 1.82) is 0 Å². The summed E-state index contributed by atoms with van der Waals surface area (Å²) >= 11 is 0. The van der Waals surface area contributed by atoms with Gasteiger partial charge in [-0.15, -0.1) is 0 Å². The van der Waals surface area contributed by atoms with Crippen LogP contribution in [-0.4, -0.2) is 15.1 Å². The van der Waals surface area contributed by atoms with Crippen molar-refractivity contribution in [3.63, 3.8) is 0 Å². The molecule has 0 atom stereocenters. The van der Waals surface area contributed by atoms with Crippen molar-refractivity contribution < 1.29 is 5.11 Å². The molecule has 0 saturated heterocycles. The Kier molecular flexibility index (Phi) is 0.997. The van der Waals surface area contributed by atoms with Crippen LogP contribution in [0.1, 0.15) is 0 Å². The Morgan fingerprint density at radius 3 is 2.88 bits per heavy atom. The Balaban J connectivity index is 3.03. The van der Waals surface area contributed by atoms with E-state index >= 15 is 0 Å². The molecule has 0 aromatic carbocycles. The number of aromatic hydroxyl groups is 1. The van der Waals surface area contributed by atoms with E-state index in [1.807, 2.05) is 0 Å².